The summed E-state index contributed by atoms with van der Waals surface area (Å²) in [5, 5.41) is 12.6. The van der Waals surface area contributed by atoms with Crippen molar-refractivity contribution in [3.63, 3.8) is 0 Å². The van der Waals surface area contributed by atoms with Crippen LogP contribution < -0.4 is 0 Å². The zero-order valence-electron chi connectivity index (χ0n) is 30.8. The third-order valence-electron chi connectivity index (χ3n) is 11.6. The van der Waals surface area contributed by atoms with E-state index in [1.807, 2.05) is 0 Å². The Morgan fingerprint density at radius 3 is 1.41 bits per heavy atom. The molecule has 0 radical (unpaired) electrons. The fourth-order valence-electron chi connectivity index (χ4n) is 9.03. The van der Waals surface area contributed by atoms with Gasteiger partial charge in [0.15, 0.2) is 0 Å². The molecule has 0 saturated carbocycles. The highest BCUT2D eigenvalue weighted by Crippen LogP contribution is 2.48. The lowest BCUT2D eigenvalue weighted by molar-refractivity contribution is 1.58. The van der Waals surface area contributed by atoms with Gasteiger partial charge in [-0.25, -0.2) is 0 Å². The van der Waals surface area contributed by atoms with Crippen molar-refractivity contribution in [3.8, 4) is 55.6 Å². The highest BCUT2D eigenvalue weighted by Gasteiger charge is 2.20. The molecule has 11 aromatic rings. The molecular weight excluding hydrogens is 673 g/mol. The summed E-state index contributed by atoms with van der Waals surface area (Å²) >= 11 is 0. The first kappa shape index (κ1) is 32.2. The molecule has 0 nitrogen and oxygen atoms in total. The van der Waals surface area contributed by atoms with Crippen LogP contribution in [0, 0.1) is 0 Å². The quantitative estimate of drug-likeness (QED) is 0.123. The predicted octanol–water partition coefficient (Wildman–Crippen LogP) is 15.8. The van der Waals surface area contributed by atoms with Crippen molar-refractivity contribution in [2.45, 2.75) is 0 Å². The predicted molar refractivity (Wildman–Crippen MR) is 241 cm³/mol. The normalized spacial score (nSPS) is 11.6. The number of hydrogen-bond acceptors (Lipinski definition) is 0. The first-order valence-corrected chi connectivity index (χ1v) is 19.4. The second kappa shape index (κ2) is 13.2. The molecule has 0 spiro atoms. The van der Waals surface area contributed by atoms with Gasteiger partial charge in [0.2, 0.25) is 0 Å². The number of hydrogen-bond donors (Lipinski definition) is 0. The molecule has 0 N–H and O–H groups in total. The average Bonchev–Trinajstić information content (AvgIpc) is 3.28. The third kappa shape index (κ3) is 5.30. The second-order valence-corrected chi connectivity index (χ2v) is 14.8. The van der Waals surface area contributed by atoms with Crippen molar-refractivity contribution in [1.82, 2.24) is 0 Å². The number of benzene rings is 11. The summed E-state index contributed by atoms with van der Waals surface area (Å²) in [7, 11) is 0. The van der Waals surface area contributed by atoms with Gasteiger partial charge in [0.25, 0.3) is 0 Å². The monoisotopic (exact) mass is 708 g/mol. The Labute approximate surface area is 326 Å². The molecule has 56 heavy (non-hydrogen) atoms. The van der Waals surface area contributed by atoms with Gasteiger partial charge in [-0.05, 0) is 134 Å². The summed E-state index contributed by atoms with van der Waals surface area (Å²) < 4.78 is 0. The summed E-state index contributed by atoms with van der Waals surface area (Å²) in [6, 6.07) is 80.5. The lowest BCUT2D eigenvalue weighted by Gasteiger charge is -2.21. The van der Waals surface area contributed by atoms with E-state index < -0.39 is 0 Å². The van der Waals surface area contributed by atoms with Crippen LogP contribution in [0.25, 0.3) is 109 Å². The molecule has 0 atom stereocenters. The molecule has 0 fully saturated rings. The topological polar surface area (TPSA) is 0 Å². The van der Waals surface area contributed by atoms with E-state index in [0.717, 1.165) is 0 Å². The van der Waals surface area contributed by atoms with Crippen LogP contribution in [0.5, 0.6) is 0 Å². The maximum atomic E-state index is 2.46. The molecule has 260 valence electrons. The lowest BCUT2D eigenvalue weighted by Crippen LogP contribution is -1.94. The zero-order valence-corrected chi connectivity index (χ0v) is 30.8. The third-order valence-corrected chi connectivity index (χ3v) is 11.6. The number of rotatable bonds is 5. The molecule has 0 heterocycles. The molecule has 0 aliphatic carbocycles. The van der Waals surface area contributed by atoms with E-state index in [9.17, 15) is 0 Å². The van der Waals surface area contributed by atoms with Gasteiger partial charge in [0, 0.05) is 0 Å². The van der Waals surface area contributed by atoms with Crippen molar-refractivity contribution in [3.05, 3.63) is 218 Å². The minimum absolute atomic E-state index is 1.20. The highest BCUT2D eigenvalue weighted by molar-refractivity contribution is 6.23. The Morgan fingerprint density at radius 2 is 0.679 bits per heavy atom. The SMILES string of the molecule is c1ccc(-c2c3ccccc3c(-c3cc(-c4cc5ccccc5c5ccccc45)ccc3-c3cccc(-c4ccc5ccccc5c4)c3)c3ccccc23)cc1. The van der Waals surface area contributed by atoms with Gasteiger partial charge in [0.1, 0.15) is 0 Å². The Bertz CT molecular complexity index is 3240. The molecule has 11 aromatic carbocycles. The number of fused-ring (bicyclic) bond motifs is 6. The van der Waals surface area contributed by atoms with Crippen LogP contribution in [0.1, 0.15) is 0 Å². The Kier molecular flexibility index (Phi) is 7.60. The van der Waals surface area contributed by atoms with E-state index in [1.165, 1.54) is 109 Å². The maximum Gasteiger partial charge on any atom is -0.00199 e. The van der Waals surface area contributed by atoms with Crippen LogP contribution in [-0.4, -0.2) is 0 Å². The molecule has 0 amide bonds. The van der Waals surface area contributed by atoms with Crippen molar-refractivity contribution >= 4 is 53.9 Å². The van der Waals surface area contributed by atoms with Gasteiger partial charge in [-0.2, -0.15) is 0 Å². The van der Waals surface area contributed by atoms with Crippen LogP contribution in [-0.2, 0) is 0 Å². The van der Waals surface area contributed by atoms with Gasteiger partial charge in [-0.1, -0.05) is 194 Å². The van der Waals surface area contributed by atoms with E-state index >= 15 is 0 Å². The minimum Gasteiger partial charge on any atom is -0.0622 e. The highest BCUT2D eigenvalue weighted by atomic mass is 14.2. The van der Waals surface area contributed by atoms with Crippen molar-refractivity contribution in [1.29, 1.82) is 0 Å². The molecular formula is C56H36. The van der Waals surface area contributed by atoms with Crippen LogP contribution >= 0.6 is 0 Å². The van der Waals surface area contributed by atoms with E-state index in [2.05, 4.69) is 218 Å². The fourth-order valence-corrected chi connectivity index (χ4v) is 9.03. The summed E-state index contributed by atoms with van der Waals surface area (Å²) in [5.41, 5.74) is 12.3. The van der Waals surface area contributed by atoms with Crippen LogP contribution in [0.4, 0.5) is 0 Å². The zero-order chi connectivity index (χ0) is 37.0. The summed E-state index contributed by atoms with van der Waals surface area (Å²) in [4.78, 5) is 0. The Balaban J connectivity index is 1.22. The molecule has 0 unspecified atom stereocenters. The largest absolute Gasteiger partial charge is 0.0622 e. The molecule has 0 bridgehead atoms. The smallest absolute Gasteiger partial charge is 0.00199 e. The molecule has 0 aromatic heterocycles. The van der Waals surface area contributed by atoms with Gasteiger partial charge < -0.3 is 0 Å². The lowest BCUT2D eigenvalue weighted by atomic mass is 9.82. The van der Waals surface area contributed by atoms with Gasteiger partial charge >= 0.3 is 0 Å². The van der Waals surface area contributed by atoms with Crippen LogP contribution in [0.15, 0.2) is 218 Å². The molecule has 0 saturated heterocycles. The van der Waals surface area contributed by atoms with Crippen molar-refractivity contribution < 1.29 is 0 Å². The Morgan fingerprint density at radius 1 is 0.179 bits per heavy atom. The van der Waals surface area contributed by atoms with Crippen LogP contribution in [0.2, 0.25) is 0 Å². The van der Waals surface area contributed by atoms with Crippen molar-refractivity contribution in [2.75, 3.05) is 0 Å². The summed E-state index contributed by atoms with van der Waals surface area (Å²) in [6.45, 7) is 0. The standard InChI is InChI=1S/C56H36/c1-2-16-38(17-3-1)55-49-25-10-12-27-51(49)56(52-28-13-11-26-50(52)55)54-36-44(53-35-43-19-6-7-22-45(43)47-23-8-9-24-48(47)53)31-32-46(54)42-21-14-20-40(34-42)41-30-29-37-15-4-5-18-39(37)33-41/h1-36H. The van der Waals surface area contributed by atoms with Crippen molar-refractivity contribution in [2.24, 2.45) is 0 Å². The molecule has 0 aliphatic heterocycles. The minimum atomic E-state index is 1.20. The van der Waals surface area contributed by atoms with E-state index in [1.54, 1.807) is 0 Å². The Hall–Kier alpha value is -7.28. The van der Waals surface area contributed by atoms with Gasteiger partial charge in [-0.15, -0.1) is 0 Å². The van der Waals surface area contributed by atoms with E-state index in [-0.39, 0.29) is 0 Å². The molecule has 0 aliphatic rings. The molecule has 0 heteroatoms. The maximum absolute atomic E-state index is 2.46. The first-order chi connectivity index (χ1) is 27.8. The average molecular weight is 709 g/mol. The van der Waals surface area contributed by atoms with Crippen LogP contribution in [0.3, 0.4) is 0 Å². The van der Waals surface area contributed by atoms with E-state index in [0.29, 0.717) is 0 Å². The molecule has 11 rings (SSSR count). The fraction of sp³-hybridized carbons (Fsp3) is 0. The summed E-state index contributed by atoms with van der Waals surface area (Å²) in [5.74, 6) is 0. The van der Waals surface area contributed by atoms with Gasteiger partial charge in [0.05, 0.1) is 0 Å². The second-order valence-electron chi connectivity index (χ2n) is 14.8. The summed E-state index contributed by atoms with van der Waals surface area (Å²) in [6.07, 6.45) is 0. The first-order valence-electron chi connectivity index (χ1n) is 19.4. The van der Waals surface area contributed by atoms with E-state index in [4.69, 9.17) is 0 Å². The van der Waals surface area contributed by atoms with Gasteiger partial charge in [-0.3, -0.25) is 0 Å².